The van der Waals surface area contributed by atoms with E-state index in [1.54, 1.807) is 12.1 Å². The Hall–Kier alpha value is -0.940. The van der Waals surface area contributed by atoms with Crippen molar-refractivity contribution >= 4 is 43.3 Å². The van der Waals surface area contributed by atoms with Gasteiger partial charge in [0.25, 0.3) is 0 Å². The second kappa shape index (κ2) is 3.90. The summed E-state index contributed by atoms with van der Waals surface area (Å²) in [4.78, 5) is 11.7. The molecular weight excluding hydrogens is 283 g/mol. The molecule has 15 heavy (non-hydrogen) atoms. The topological polar surface area (TPSA) is 26.3 Å². The van der Waals surface area contributed by atoms with Crippen molar-refractivity contribution < 1.29 is 13.9 Å². The smallest absolute Gasteiger partial charge is 0.348 e. The van der Waals surface area contributed by atoms with Gasteiger partial charge in [-0.3, -0.25) is 0 Å². The van der Waals surface area contributed by atoms with Crippen LogP contribution in [0.5, 0.6) is 0 Å². The zero-order chi connectivity index (χ0) is 11.0. The summed E-state index contributed by atoms with van der Waals surface area (Å²) in [6.07, 6.45) is 0. The molecule has 0 N–H and O–H groups in total. The van der Waals surface area contributed by atoms with E-state index in [1.165, 1.54) is 24.5 Å². The van der Waals surface area contributed by atoms with E-state index in [-0.39, 0.29) is 5.82 Å². The summed E-state index contributed by atoms with van der Waals surface area (Å²) >= 11 is 4.31. The fourth-order valence-electron chi connectivity index (χ4n) is 1.24. The highest BCUT2D eigenvalue weighted by molar-refractivity contribution is 9.10. The molecule has 0 fully saturated rings. The second-order valence-corrected chi connectivity index (χ2v) is 4.84. The number of ether oxygens (including phenoxy) is 1. The first kappa shape index (κ1) is 10.6. The number of benzene rings is 1. The number of esters is 1. The Morgan fingerprint density at radius 2 is 2.20 bits per heavy atom. The van der Waals surface area contributed by atoms with Crippen LogP contribution >= 0.6 is 27.3 Å². The molecule has 1 heterocycles. The van der Waals surface area contributed by atoms with Gasteiger partial charge in [-0.25, -0.2) is 9.18 Å². The molecule has 2 nitrogen and oxygen atoms in total. The van der Waals surface area contributed by atoms with Gasteiger partial charge in [0.2, 0.25) is 0 Å². The van der Waals surface area contributed by atoms with Crippen LogP contribution in [-0.4, -0.2) is 13.1 Å². The molecule has 0 aliphatic carbocycles. The van der Waals surface area contributed by atoms with Gasteiger partial charge in [0.15, 0.2) is 0 Å². The zero-order valence-electron chi connectivity index (χ0n) is 7.71. The molecule has 0 bridgehead atoms. The number of hydrogen-bond donors (Lipinski definition) is 0. The van der Waals surface area contributed by atoms with Crippen LogP contribution in [0.25, 0.3) is 10.1 Å². The number of thiophene rings is 1. The molecule has 1 aromatic heterocycles. The molecule has 0 spiro atoms. The van der Waals surface area contributed by atoms with Crippen LogP contribution in [0.4, 0.5) is 4.39 Å². The standard InChI is InChI=1S/C10H6BrFO2S/c1-14-10(13)9-3-5-2-6(11)7(12)4-8(5)15-9/h2-4H,1H3. The second-order valence-electron chi connectivity index (χ2n) is 2.91. The normalized spacial score (nSPS) is 10.6. The summed E-state index contributed by atoms with van der Waals surface area (Å²) in [6.45, 7) is 0. The van der Waals surface area contributed by atoms with Gasteiger partial charge >= 0.3 is 5.97 Å². The van der Waals surface area contributed by atoms with Crippen molar-refractivity contribution in [2.75, 3.05) is 7.11 Å². The first-order chi connectivity index (χ1) is 7.11. The summed E-state index contributed by atoms with van der Waals surface area (Å²) in [7, 11) is 1.32. The maximum absolute atomic E-state index is 13.2. The number of rotatable bonds is 1. The van der Waals surface area contributed by atoms with Gasteiger partial charge in [-0.15, -0.1) is 11.3 Å². The number of fused-ring (bicyclic) bond motifs is 1. The van der Waals surface area contributed by atoms with Crippen molar-refractivity contribution in [1.82, 2.24) is 0 Å². The van der Waals surface area contributed by atoms with Crippen molar-refractivity contribution in [2.24, 2.45) is 0 Å². The minimum absolute atomic E-state index is 0.333. The van der Waals surface area contributed by atoms with Crippen LogP contribution in [0.1, 0.15) is 9.67 Å². The lowest BCUT2D eigenvalue weighted by Gasteiger charge is -1.92. The first-order valence-electron chi connectivity index (χ1n) is 4.08. The summed E-state index contributed by atoms with van der Waals surface area (Å²) in [6, 6.07) is 4.74. The van der Waals surface area contributed by atoms with E-state index in [2.05, 4.69) is 20.7 Å². The fourth-order valence-corrected chi connectivity index (χ4v) is 2.58. The van der Waals surface area contributed by atoms with Crippen LogP contribution in [0, 0.1) is 5.82 Å². The number of carbonyl (C=O) groups is 1. The van der Waals surface area contributed by atoms with Crippen molar-refractivity contribution in [3.05, 3.63) is 33.4 Å². The molecule has 2 aromatic rings. The van der Waals surface area contributed by atoms with Gasteiger partial charge in [0, 0.05) is 4.70 Å². The summed E-state index contributed by atoms with van der Waals surface area (Å²) in [5, 5.41) is 0.827. The molecule has 0 saturated carbocycles. The van der Waals surface area contributed by atoms with E-state index in [1.807, 2.05) is 0 Å². The van der Waals surface area contributed by atoms with Crippen LogP contribution in [0.15, 0.2) is 22.7 Å². The van der Waals surface area contributed by atoms with E-state index in [0.717, 1.165) is 10.1 Å². The Balaban J connectivity index is 2.61. The van der Waals surface area contributed by atoms with Gasteiger partial charge in [0.1, 0.15) is 10.7 Å². The van der Waals surface area contributed by atoms with Gasteiger partial charge in [0.05, 0.1) is 11.6 Å². The van der Waals surface area contributed by atoms with Crippen molar-refractivity contribution in [3.8, 4) is 0 Å². The first-order valence-corrected chi connectivity index (χ1v) is 5.69. The van der Waals surface area contributed by atoms with Gasteiger partial charge < -0.3 is 4.74 Å². The van der Waals surface area contributed by atoms with Crippen molar-refractivity contribution in [3.63, 3.8) is 0 Å². The molecule has 0 saturated heterocycles. The molecule has 0 amide bonds. The van der Waals surface area contributed by atoms with Crippen molar-refractivity contribution in [1.29, 1.82) is 0 Å². The van der Waals surface area contributed by atoms with Crippen LogP contribution in [0.3, 0.4) is 0 Å². The molecular formula is C10H6BrFO2S. The minimum atomic E-state index is -0.396. The third-order valence-electron chi connectivity index (χ3n) is 1.95. The monoisotopic (exact) mass is 288 g/mol. The summed E-state index contributed by atoms with van der Waals surface area (Å²) in [5.41, 5.74) is 0. The van der Waals surface area contributed by atoms with Crippen molar-refractivity contribution in [2.45, 2.75) is 0 Å². The lowest BCUT2D eigenvalue weighted by molar-refractivity contribution is 0.0606. The van der Waals surface area contributed by atoms with E-state index in [0.29, 0.717) is 9.35 Å². The number of carbonyl (C=O) groups excluding carboxylic acids is 1. The van der Waals surface area contributed by atoms with Gasteiger partial charge in [-0.2, -0.15) is 0 Å². The third-order valence-corrected chi connectivity index (χ3v) is 3.63. The molecule has 0 aliphatic rings. The maximum atomic E-state index is 13.2. The van der Waals surface area contributed by atoms with Crippen LogP contribution < -0.4 is 0 Å². The molecule has 0 unspecified atom stereocenters. The molecule has 1 aromatic carbocycles. The quantitative estimate of drug-likeness (QED) is 0.750. The van der Waals surface area contributed by atoms with Crippen LogP contribution in [-0.2, 0) is 4.74 Å². The Bertz CT molecular complexity index is 496. The number of halogens is 2. The summed E-state index contributed by atoms with van der Waals surface area (Å²) < 4.78 is 18.9. The van der Waals surface area contributed by atoms with E-state index < -0.39 is 5.97 Å². The number of hydrogen-bond acceptors (Lipinski definition) is 3. The number of methoxy groups -OCH3 is 1. The SMILES string of the molecule is COC(=O)c1cc2cc(Br)c(F)cc2s1. The molecule has 0 aliphatic heterocycles. The predicted octanol–water partition coefficient (Wildman–Crippen LogP) is 3.59. The largest absolute Gasteiger partial charge is 0.465 e. The predicted molar refractivity (Wildman–Crippen MR) is 60.8 cm³/mol. The Morgan fingerprint density at radius 1 is 1.47 bits per heavy atom. The highest BCUT2D eigenvalue weighted by Crippen LogP contribution is 2.30. The van der Waals surface area contributed by atoms with E-state index in [9.17, 15) is 9.18 Å². The highest BCUT2D eigenvalue weighted by Gasteiger charge is 2.11. The average molecular weight is 289 g/mol. The highest BCUT2D eigenvalue weighted by atomic mass is 79.9. The van der Waals surface area contributed by atoms with Gasteiger partial charge in [-0.1, -0.05) is 0 Å². The molecule has 0 radical (unpaired) electrons. The van der Waals surface area contributed by atoms with Crippen LogP contribution in [0.2, 0.25) is 0 Å². The maximum Gasteiger partial charge on any atom is 0.348 e. The fraction of sp³-hybridized carbons (Fsp3) is 0.100. The van der Waals surface area contributed by atoms with E-state index >= 15 is 0 Å². The molecule has 78 valence electrons. The zero-order valence-corrected chi connectivity index (χ0v) is 10.1. The molecule has 0 atom stereocenters. The average Bonchev–Trinajstić information content (AvgIpc) is 2.60. The van der Waals surface area contributed by atoms with E-state index in [4.69, 9.17) is 0 Å². The lowest BCUT2D eigenvalue weighted by Crippen LogP contribution is -1.96. The third kappa shape index (κ3) is 1.89. The van der Waals surface area contributed by atoms with Gasteiger partial charge in [-0.05, 0) is 39.5 Å². The molecule has 5 heteroatoms. The summed E-state index contributed by atoms with van der Waals surface area (Å²) in [5.74, 6) is -0.728. The molecule has 2 rings (SSSR count). The Labute approximate surface area is 97.8 Å². The minimum Gasteiger partial charge on any atom is -0.465 e. The Morgan fingerprint density at radius 3 is 2.87 bits per heavy atom. The Kier molecular flexibility index (Phi) is 2.75. The lowest BCUT2D eigenvalue weighted by atomic mass is 10.2.